The molecule has 2 heterocycles. The third kappa shape index (κ3) is 2.49. The molecule has 100 valence electrons. The van der Waals surface area contributed by atoms with E-state index in [0.29, 0.717) is 0 Å². The van der Waals surface area contributed by atoms with Gasteiger partial charge >= 0.3 is 0 Å². The second-order valence-electron chi connectivity index (χ2n) is 4.46. The number of hydrogen-bond donors (Lipinski definition) is 1. The van der Waals surface area contributed by atoms with Crippen molar-refractivity contribution in [3.63, 3.8) is 0 Å². The van der Waals surface area contributed by atoms with Crippen LogP contribution in [0.2, 0.25) is 0 Å². The van der Waals surface area contributed by atoms with Crippen LogP contribution in [-0.2, 0) is 0 Å². The number of aryl methyl sites for hydroxylation is 1. The van der Waals surface area contributed by atoms with Crippen LogP contribution in [0, 0.1) is 12.7 Å². The minimum atomic E-state index is -0.241. The second-order valence-corrected chi connectivity index (χ2v) is 5.38. The maximum atomic E-state index is 13.1. The van der Waals surface area contributed by atoms with Gasteiger partial charge in [0.25, 0.3) is 0 Å². The van der Waals surface area contributed by atoms with Crippen molar-refractivity contribution in [1.82, 2.24) is 9.97 Å². The minimum absolute atomic E-state index is 0.241. The number of nitrogens with one attached hydrogen (secondary N) is 1. The molecule has 1 aromatic carbocycles. The van der Waals surface area contributed by atoms with Crippen molar-refractivity contribution in [3.8, 4) is 0 Å². The first-order chi connectivity index (χ1) is 9.63. The fraction of sp³-hybridized carbons (Fsp3) is 0.0667. The fourth-order valence-electron chi connectivity index (χ4n) is 2.02. The Kier molecular flexibility index (Phi) is 3.36. The Bertz CT molecular complexity index is 789. The minimum Gasteiger partial charge on any atom is -0.353 e. The van der Waals surface area contributed by atoms with Crippen molar-refractivity contribution in [3.05, 3.63) is 58.6 Å². The van der Waals surface area contributed by atoms with Gasteiger partial charge in [0.05, 0.1) is 11.2 Å². The number of halogens is 2. The van der Waals surface area contributed by atoms with Crippen LogP contribution in [-0.4, -0.2) is 9.97 Å². The number of anilines is 2. The van der Waals surface area contributed by atoms with Crippen LogP contribution in [0.3, 0.4) is 0 Å². The number of aromatic nitrogens is 2. The van der Waals surface area contributed by atoms with E-state index >= 15 is 0 Å². The lowest BCUT2D eigenvalue weighted by Gasteiger charge is -2.11. The summed E-state index contributed by atoms with van der Waals surface area (Å²) in [4.78, 5) is 8.67. The highest BCUT2D eigenvalue weighted by atomic mass is 79.9. The molecule has 1 N–H and O–H groups in total. The molecule has 0 fully saturated rings. The molecule has 0 amide bonds. The zero-order valence-corrected chi connectivity index (χ0v) is 12.3. The van der Waals surface area contributed by atoms with E-state index in [0.717, 1.165) is 32.4 Å². The summed E-state index contributed by atoms with van der Waals surface area (Å²) in [6, 6.07) is 8.41. The van der Waals surface area contributed by atoms with Crippen LogP contribution in [0.1, 0.15) is 5.56 Å². The maximum absolute atomic E-state index is 13.1. The van der Waals surface area contributed by atoms with Gasteiger partial charge in [0, 0.05) is 22.6 Å². The molecule has 0 spiro atoms. The molecular weight excluding hydrogens is 321 g/mol. The van der Waals surface area contributed by atoms with Crippen LogP contribution in [0.15, 0.2) is 47.2 Å². The number of nitrogens with zero attached hydrogens (tertiary/aromatic N) is 2. The summed E-state index contributed by atoms with van der Waals surface area (Å²) in [7, 11) is 0. The van der Waals surface area contributed by atoms with Crippen LogP contribution in [0.4, 0.5) is 15.8 Å². The molecule has 0 saturated carbocycles. The molecule has 3 aromatic rings. The maximum Gasteiger partial charge on any atom is 0.123 e. The van der Waals surface area contributed by atoms with Crippen LogP contribution >= 0.6 is 15.9 Å². The Balaban J connectivity index is 2.06. The molecule has 2 aromatic heterocycles. The monoisotopic (exact) mass is 331 g/mol. The zero-order chi connectivity index (χ0) is 14.1. The van der Waals surface area contributed by atoms with Gasteiger partial charge in [0.15, 0.2) is 0 Å². The standard InChI is InChI=1S/C15H11BrFN3/c1-9-6-11(17)2-3-12(9)20-13-4-5-18-14-7-10(16)8-19-15(13)14/h2-8H,1H3,(H,18,20). The van der Waals surface area contributed by atoms with Crippen molar-refractivity contribution in [2.45, 2.75) is 6.92 Å². The van der Waals surface area contributed by atoms with E-state index in [1.807, 2.05) is 19.1 Å². The molecule has 0 aliphatic heterocycles. The molecule has 0 atom stereocenters. The smallest absolute Gasteiger partial charge is 0.123 e. The lowest BCUT2D eigenvalue weighted by Crippen LogP contribution is -1.96. The van der Waals surface area contributed by atoms with E-state index in [2.05, 4.69) is 31.2 Å². The zero-order valence-electron chi connectivity index (χ0n) is 10.7. The molecular formula is C15H11BrFN3. The van der Waals surface area contributed by atoms with Gasteiger partial charge in [-0.2, -0.15) is 0 Å². The van der Waals surface area contributed by atoms with Gasteiger partial charge in [-0.1, -0.05) is 0 Å². The quantitative estimate of drug-likeness (QED) is 0.746. The van der Waals surface area contributed by atoms with E-state index in [1.54, 1.807) is 18.5 Å². The lowest BCUT2D eigenvalue weighted by molar-refractivity contribution is 0.627. The van der Waals surface area contributed by atoms with Crippen LogP contribution in [0.25, 0.3) is 11.0 Å². The van der Waals surface area contributed by atoms with Gasteiger partial charge in [-0.15, -0.1) is 0 Å². The molecule has 0 radical (unpaired) electrons. The summed E-state index contributed by atoms with van der Waals surface area (Å²) in [5.41, 5.74) is 4.11. The number of hydrogen-bond acceptors (Lipinski definition) is 3. The highest BCUT2D eigenvalue weighted by Crippen LogP contribution is 2.26. The molecule has 0 unspecified atom stereocenters. The molecule has 0 aliphatic rings. The summed E-state index contributed by atoms with van der Waals surface area (Å²) in [6.07, 6.45) is 3.45. The van der Waals surface area contributed by atoms with Gasteiger partial charge in [-0.3, -0.25) is 9.97 Å². The van der Waals surface area contributed by atoms with Crippen LogP contribution < -0.4 is 5.32 Å². The lowest BCUT2D eigenvalue weighted by atomic mass is 10.2. The average molecular weight is 332 g/mol. The first-order valence-corrected chi connectivity index (χ1v) is 6.86. The fourth-order valence-corrected chi connectivity index (χ4v) is 2.34. The number of rotatable bonds is 2. The Morgan fingerprint density at radius 1 is 1.10 bits per heavy atom. The Morgan fingerprint density at radius 2 is 1.95 bits per heavy atom. The van der Waals surface area contributed by atoms with Gasteiger partial charge in [-0.25, -0.2) is 4.39 Å². The highest BCUT2D eigenvalue weighted by molar-refractivity contribution is 9.10. The highest BCUT2D eigenvalue weighted by Gasteiger charge is 2.06. The summed E-state index contributed by atoms with van der Waals surface area (Å²) < 4.78 is 14.0. The van der Waals surface area contributed by atoms with Gasteiger partial charge < -0.3 is 5.32 Å². The van der Waals surface area contributed by atoms with Crippen molar-refractivity contribution < 1.29 is 4.39 Å². The van der Waals surface area contributed by atoms with Crippen molar-refractivity contribution in [2.24, 2.45) is 0 Å². The SMILES string of the molecule is Cc1cc(F)ccc1Nc1ccnc2cc(Br)cnc12. The predicted octanol–water partition coefficient (Wildman–Crippen LogP) is 4.58. The third-order valence-corrected chi connectivity index (χ3v) is 3.44. The number of pyridine rings is 2. The number of fused-ring (bicyclic) bond motifs is 1. The Hall–Kier alpha value is -2.01. The van der Waals surface area contributed by atoms with Gasteiger partial charge in [0.1, 0.15) is 11.3 Å². The van der Waals surface area contributed by atoms with Gasteiger partial charge in [0.2, 0.25) is 0 Å². The molecule has 5 heteroatoms. The summed E-state index contributed by atoms with van der Waals surface area (Å²) in [5.74, 6) is -0.241. The largest absolute Gasteiger partial charge is 0.353 e. The molecule has 0 saturated heterocycles. The Morgan fingerprint density at radius 3 is 2.75 bits per heavy atom. The van der Waals surface area contributed by atoms with Gasteiger partial charge in [-0.05, 0) is 58.7 Å². The normalized spacial score (nSPS) is 10.8. The Labute approximate surface area is 124 Å². The first-order valence-electron chi connectivity index (χ1n) is 6.07. The first kappa shape index (κ1) is 13.0. The molecule has 0 bridgehead atoms. The second kappa shape index (κ2) is 5.17. The predicted molar refractivity (Wildman–Crippen MR) is 81.7 cm³/mol. The topological polar surface area (TPSA) is 37.8 Å². The number of benzene rings is 1. The molecule has 0 aliphatic carbocycles. The molecule has 20 heavy (non-hydrogen) atoms. The third-order valence-electron chi connectivity index (χ3n) is 3.00. The van der Waals surface area contributed by atoms with E-state index < -0.39 is 0 Å². The van der Waals surface area contributed by atoms with Crippen molar-refractivity contribution >= 4 is 38.3 Å². The molecule has 3 rings (SSSR count). The average Bonchev–Trinajstić information content (AvgIpc) is 2.41. The summed E-state index contributed by atoms with van der Waals surface area (Å²) >= 11 is 3.38. The summed E-state index contributed by atoms with van der Waals surface area (Å²) in [5, 5.41) is 3.28. The van der Waals surface area contributed by atoms with E-state index in [9.17, 15) is 4.39 Å². The summed E-state index contributed by atoms with van der Waals surface area (Å²) in [6.45, 7) is 1.86. The van der Waals surface area contributed by atoms with Crippen LogP contribution in [0.5, 0.6) is 0 Å². The van der Waals surface area contributed by atoms with E-state index in [1.165, 1.54) is 12.1 Å². The van der Waals surface area contributed by atoms with Crippen molar-refractivity contribution in [1.29, 1.82) is 0 Å². The van der Waals surface area contributed by atoms with E-state index in [4.69, 9.17) is 0 Å². The van der Waals surface area contributed by atoms with Crippen molar-refractivity contribution in [2.75, 3.05) is 5.32 Å². The molecule has 3 nitrogen and oxygen atoms in total. The van der Waals surface area contributed by atoms with E-state index in [-0.39, 0.29) is 5.82 Å².